The molecule has 0 aliphatic heterocycles. The minimum atomic E-state index is 0.802. The summed E-state index contributed by atoms with van der Waals surface area (Å²) in [6.07, 6.45) is 1.13. The van der Waals surface area contributed by atoms with Gasteiger partial charge in [-0.15, -0.1) is 0 Å². The average molecular weight is 268 g/mol. The van der Waals surface area contributed by atoms with Gasteiger partial charge in [-0.3, -0.25) is 4.72 Å². The molecule has 4 heteroatoms. The van der Waals surface area contributed by atoms with Gasteiger partial charge in [-0.2, -0.15) is 0 Å². The van der Waals surface area contributed by atoms with Gasteiger partial charge in [0.1, 0.15) is 0 Å². The Kier molecular flexibility index (Phi) is 8.94. The van der Waals surface area contributed by atoms with Gasteiger partial charge in [0.15, 0.2) is 0 Å². The molecule has 0 saturated carbocycles. The van der Waals surface area contributed by atoms with Crippen LogP contribution in [0.15, 0.2) is 29.2 Å². The van der Waals surface area contributed by atoms with Gasteiger partial charge in [0, 0.05) is 24.6 Å². The summed E-state index contributed by atoms with van der Waals surface area (Å²) in [5.74, 6) is 0. The third kappa shape index (κ3) is 7.71. The monoisotopic (exact) mass is 268 g/mol. The van der Waals surface area contributed by atoms with E-state index in [9.17, 15) is 0 Å². The van der Waals surface area contributed by atoms with Crippen molar-refractivity contribution < 1.29 is 4.74 Å². The summed E-state index contributed by atoms with van der Waals surface area (Å²) in [5, 5.41) is 3.35. The van der Waals surface area contributed by atoms with E-state index in [4.69, 9.17) is 4.74 Å². The molecule has 0 atom stereocenters. The summed E-state index contributed by atoms with van der Waals surface area (Å²) in [6.45, 7) is 8.73. The lowest BCUT2D eigenvalue weighted by Gasteiger charge is -2.06. The van der Waals surface area contributed by atoms with Gasteiger partial charge in [-0.05, 0) is 50.9 Å². The van der Waals surface area contributed by atoms with Gasteiger partial charge in [0.05, 0.1) is 6.61 Å². The maximum absolute atomic E-state index is 5.25. The Balaban J connectivity index is 1.91. The molecule has 1 aromatic rings. The molecule has 18 heavy (non-hydrogen) atoms. The molecule has 0 heterocycles. The maximum Gasteiger partial charge on any atom is 0.0590 e. The van der Waals surface area contributed by atoms with E-state index in [-0.39, 0.29) is 0 Å². The summed E-state index contributed by atoms with van der Waals surface area (Å²) >= 11 is 1.70. The molecule has 3 nitrogen and oxygen atoms in total. The van der Waals surface area contributed by atoms with Gasteiger partial charge in [0.25, 0.3) is 0 Å². The quantitative estimate of drug-likeness (QED) is 0.505. The molecule has 102 valence electrons. The fourth-order valence-electron chi connectivity index (χ4n) is 1.44. The molecule has 0 bridgehead atoms. The highest BCUT2D eigenvalue weighted by Gasteiger charge is 1.93. The number of nitrogens with one attached hydrogen (secondary N) is 2. The van der Waals surface area contributed by atoms with Crippen molar-refractivity contribution in [3.05, 3.63) is 29.8 Å². The molecular formula is C14H24N2OS. The lowest BCUT2D eigenvalue weighted by atomic mass is 10.2. The predicted octanol–water partition coefficient (Wildman–Crippen LogP) is 2.61. The standard InChI is InChI=1S/C14H24N2OS/c1-3-17-12-11-15-9-4-10-16-18-14-7-5-13(2)6-8-14/h5-8,15-16H,3-4,9-12H2,1-2H3. The third-order valence-corrected chi connectivity index (χ3v) is 3.33. The molecule has 0 unspecified atom stereocenters. The number of hydrogen-bond donors (Lipinski definition) is 2. The fraction of sp³-hybridized carbons (Fsp3) is 0.571. The van der Waals surface area contributed by atoms with E-state index >= 15 is 0 Å². The molecule has 0 amide bonds. The fourth-order valence-corrected chi connectivity index (χ4v) is 2.13. The van der Waals surface area contributed by atoms with Crippen LogP contribution in [0.3, 0.4) is 0 Å². The topological polar surface area (TPSA) is 33.3 Å². The van der Waals surface area contributed by atoms with Crippen LogP contribution in [0.2, 0.25) is 0 Å². The zero-order valence-electron chi connectivity index (χ0n) is 11.4. The first-order valence-corrected chi connectivity index (χ1v) is 7.39. The van der Waals surface area contributed by atoms with Crippen molar-refractivity contribution in [2.45, 2.75) is 25.2 Å². The summed E-state index contributed by atoms with van der Waals surface area (Å²) in [7, 11) is 0. The van der Waals surface area contributed by atoms with Crippen molar-refractivity contribution in [1.82, 2.24) is 10.0 Å². The van der Waals surface area contributed by atoms with Crippen LogP contribution in [0, 0.1) is 6.92 Å². The van der Waals surface area contributed by atoms with Crippen molar-refractivity contribution >= 4 is 11.9 Å². The molecule has 0 aliphatic rings. The number of aryl methyl sites for hydroxylation is 1. The molecular weight excluding hydrogens is 244 g/mol. The molecule has 2 N–H and O–H groups in total. The third-order valence-electron chi connectivity index (χ3n) is 2.47. The van der Waals surface area contributed by atoms with E-state index in [1.54, 1.807) is 11.9 Å². The van der Waals surface area contributed by atoms with Crippen LogP contribution in [-0.4, -0.2) is 32.8 Å². The van der Waals surface area contributed by atoms with E-state index in [1.807, 2.05) is 6.92 Å². The first-order chi connectivity index (χ1) is 8.83. The zero-order chi connectivity index (χ0) is 13.1. The van der Waals surface area contributed by atoms with Crippen molar-refractivity contribution in [2.24, 2.45) is 0 Å². The van der Waals surface area contributed by atoms with Crippen LogP contribution in [0.5, 0.6) is 0 Å². The summed E-state index contributed by atoms with van der Waals surface area (Å²) in [5.41, 5.74) is 1.30. The van der Waals surface area contributed by atoms with Crippen LogP contribution in [-0.2, 0) is 4.74 Å². The van der Waals surface area contributed by atoms with Gasteiger partial charge in [-0.25, -0.2) is 0 Å². The zero-order valence-corrected chi connectivity index (χ0v) is 12.2. The van der Waals surface area contributed by atoms with Gasteiger partial charge >= 0.3 is 0 Å². The highest BCUT2D eigenvalue weighted by atomic mass is 32.2. The molecule has 0 radical (unpaired) electrons. The van der Waals surface area contributed by atoms with Crippen LogP contribution in [0.1, 0.15) is 18.9 Å². The molecule has 0 aromatic heterocycles. The van der Waals surface area contributed by atoms with Gasteiger partial charge in [-0.1, -0.05) is 17.7 Å². The second-order valence-corrected chi connectivity index (χ2v) is 5.07. The second kappa shape index (κ2) is 10.4. The van der Waals surface area contributed by atoms with Gasteiger partial charge < -0.3 is 10.1 Å². The highest BCUT2D eigenvalue weighted by Crippen LogP contribution is 2.14. The van der Waals surface area contributed by atoms with E-state index in [0.717, 1.165) is 39.3 Å². The lowest BCUT2D eigenvalue weighted by Crippen LogP contribution is -2.23. The van der Waals surface area contributed by atoms with E-state index in [0.29, 0.717) is 0 Å². The van der Waals surface area contributed by atoms with Crippen molar-refractivity contribution in [3.8, 4) is 0 Å². The van der Waals surface area contributed by atoms with Crippen molar-refractivity contribution in [3.63, 3.8) is 0 Å². The summed E-state index contributed by atoms with van der Waals surface area (Å²) < 4.78 is 8.62. The van der Waals surface area contributed by atoms with Gasteiger partial charge in [0.2, 0.25) is 0 Å². The second-order valence-electron chi connectivity index (χ2n) is 4.11. The number of ether oxygens (including phenoxy) is 1. The van der Waals surface area contributed by atoms with Crippen LogP contribution >= 0.6 is 11.9 Å². The van der Waals surface area contributed by atoms with Crippen molar-refractivity contribution in [1.29, 1.82) is 0 Å². The Morgan fingerprint density at radius 3 is 2.61 bits per heavy atom. The minimum absolute atomic E-state index is 0.802. The average Bonchev–Trinajstić information content (AvgIpc) is 2.39. The van der Waals surface area contributed by atoms with Crippen LogP contribution in [0.25, 0.3) is 0 Å². The predicted molar refractivity (Wildman–Crippen MR) is 79.0 cm³/mol. The Labute approximate surface area is 115 Å². The molecule has 0 aliphatic carbocycles. The molecule has 0 saturated heterocycles. The largest absolute Gasteiger partial charge is 0.380 e. The molecule has 1 rings (SSSR count). The maximum atomic E-state index is 5.25. The van der Waals surface area contributed by atoms with Crippen LogP contribution in [0.4, 0.5) is 0 Å². The molecule has 0 fully saturated rings. The SMILES string of the molecule is CCOCCNCCCNSc1ccc(C)cc1. The number of hydrogen-bond acceptors (Lipinski definition) is 4. The summed E-state index contributed by atoms with van der Waals surface area (Å²) in [4.78, 5) is 1.27. The first kappa shape index (κ1) is 15.5. The van der Waals surface area contributed by atoms with E-state index in [1.165, 1.54) is 10.5 Å². The Morgan fingerprint density at radius 1 is 1.11 bits per heavy atom. The lowest BCUT2D eigenvalue weighted by molar-refractivity contribution is 0.149. The smallest absolute Gasteiger partial charge is 0.0590 e. The number of rotatable bonds is 10. The Morgan fingerprint density at radius 2 is 1.89 bits per heavy atom. The van der Waals surface area contributed by atoms with E-state index in [2.05, 4.69) is 41.2 Å². The molecule has 0 spiro atoms. The normalized spacial score (nSPS) is 10.8. The molecule has 1 aromatic carbocycles. The number of benzene rings is 1. The minimum Gasteiger partial charge on any atom is -0.380 e. The van der Waals surface area contributed by atoms with E-state index < -0.39 is 0 Å². The van der Waals surface area contributed by atoms with Crippen LogP contribution < -0.4 is 10.0 Å². The Hall–Kier alpha value is -0.550. The summed E-state index contributed by atoms with van der Waals surface area (Å²) in [6, 6.07) is 8.57. The van der Waals surface area contributed by atoms with Crippen molar-refractivity contribution in [2.75, 3.05) is 32.8 Å². The highest BCUT2D eigenvalue weighted by molar-refractivity contribution is 7.97. The first-order valence-electron chi connectivity index (χ1n) is 6.57. The Bertz CT molecular complexity index is 303.